The third kappa shape index (κ3) is 5.03. The van der Waals surface area contributed by atoms with Gasteiger partial charge < -0.3 is 16.0 Å². The third-order valence-electron chi connectivity index (χ3n) is 3.82. The van der Waals surface area contributed by atoms with Crippen molar-refractivity contribution in [2.24, 2.45) is 5.73 Å². The van der Waals surface area contributed by atoms with Gasteiger partial charge in [0, 0.05) is 49.8 Å². The molecule has 0 spiro atoms. The van der Waals surface area contributed by atoms with Crippen molar-refractivity contribution in [1.82, 2.24) is 4.90 Å². The Bertz CT molecular complexity index is 580. The van der Waals surface area contributed by atoms with Gasteiger partial charge in [-0.2, -0.15) is 0 Å². The van der Waals surface area contributed by atoms with E-state index in [9.17, 15) is 19.7 Å². The van der Waals surface area contributed by atoms with Gasteiger partial charge in [-0.3, -0.25) is 19.7 Å². The van der Waals surface area contributed by atoms with Crippen LogP contribution in [0.15, 0.2) is 24.3 Å². The molecular weight excluding hydrogens is 300 g/mol. The van der Waals surface area contributed by atoms with Crippen molar-refractivity contribution in [1.29, 1.82) is 0 Å². The summed E-state index contributed by atoms with van der Waals surface area (Å²) in [5.74, 6) is -0.336. The summed E-state index contributed by atoms with van der Waals surface area (Å²) < 4.78 is 0. The molecule has 2 rings (SSSR count). The molecule has 0 unspecified atom stereocenters. The number of anilines is 1. The van der Waals surface area contributed by atoms with Gasteiger partial charge in [0.05, 0.1) is 4.92 Å². The Morgan fingerprint density at radius 2 is 1.83 bits per heavy atom. The van der Waals surface area contributed by atoms with Crippen LogP contribution in [0, 0.1) is 10.1 Å². The predicted molar refractivity (Wildman–Crippen MR) is 84.7 cm³/mol. The molecule has 8 heteroatoms. The van der Waals surface area contributed by atoms with E-state index in [1.54, 1.807) is 4.90 Å². The van der Waals surface area contributed by atoms with E-state index in [-0.39, 0.29) is 36.4 Å². The molecule has 3 N–H and O–H groups in total. The fourth-order valence-electron chi connectivity index (χ4n) is 2.42. The first-order valence-electron chi connectivity index (χ1n) is 7.53. The van der Waals surface area contributed by atoms with Crippen LogP contribution in [-0.4, -0.2) is 40.8 Å². The number of benzene rings is 1. The van der Waals surface area contributed by atoms with Gasteiger partial charge in [0.2, 0.25) is 11.8 Å². The SMILES string of the molecule is NC1CCN(C(=O)CCC(=O)Nc2ccc([N+](=O)[O-])cc2)CC1. The monoisotopic (exact) mass is 320 g/mol. The number of carbonyl (C=O) groups excluding carboxylic acids is 2. The topological polar surface area (TPSA) is 119 Å². The summed E-state index contributed by atoms with van der Waals surface area (Å²) in [6.07, 6.45) is 1.81. The Kier molecular flexibility index (Phi) is 5.64. The number of nitrogens with zero attached hydrogens (tertiary/aromatic N) is 2. The molecular formula is C15H20N4O4. The van der Waals surface area contributed by atoms with Gasteiger partial charge >= 0.3 is 0 Å². The number of hydrogen-bond acceptors (Lipinski definition) is 5. The molecule has 8 nitrogen and oxygen atoms in total. The van der Waals surface area contributed by atoms with E-state index in [1.165, 1.54) is 24.3 Å². The van der Waals surface area contributed by atoms with Crippen molar-refractivity contribution in [2.45, 2.75) is 31.7 Å². The van der Waals surface area contributed by atoms with E-state index in [4.69, 9.17) is 5.73 Å². The quantitative estimate of drug-likeness (QED) is 0.625. The zero-order chi connectivity index (χ0) is 16.8. The highest BCUT2D eigenvalue weighted by molar-refractivity contribution is 5.93. The molecule has 0 atom stereocenters. The Hall–Kier alpha value is -2.48. The predicted octanol–water partition coefficient (Wildman–Crippen LogP) is 1.26. The maximum Gasteiger partial charge on any atom is 0.269 e. The fraction of sp³-hybridized carbons (Fsp3) is 0.467. The molecule has 1 aromatic rings. The number of nitrogens with one attached hydrogen (secondary N) is 1. The highest BCUT2D eigenvalue weighted by Crippen LogP contribution is 2.16. The smallest absolute Gasteiger partial charge is 0.269 e. The first kappa shape index (κ1) is 16.9. The van der Waals surface area contributed by atoms with E-state index in [2.05, 4.69) is 5.32 Å². The standard InChI is InChI=1S/C15H20N4O4/c16-11-7-9-18(10-8-11)15(21)6-5-14(20)17-12-1-3-13(4-2-12)19(22)23/h1-4,11H,5-10,16H2,(H,17,20). The van der Waals surface area contributed by atoms with Crippen LogP contribution in [-0.2, 0) is 9.59 Å². The van der Waals surface area contributed by atoms with E-state index < -0.39 is 4.92 Å². The molecule has 0 aromatic heterocycles. The summed E-state index contributed by atoms with van der Waals surface area (Å²) in [5.41, 5.74) is 6.22. The summed E-state index contributed by atoms with van der Waals surface area (Å²) in [6.45, 7) is 1.29. The van der Waals surface area contributed by atoms with Crippen molar-refractivity contribution in [3.8, 4) is 0 Å². The van der Waals surface area contributed by atoms with E-state index >= 15 is 0 Å². The minimum atomic E-state index is -0.505. The third-order valence-corrected chi connectivity index (χ3v) is 3.82. The minimum absolute atomic E-state index is 0.0403. The Morgan fingerprint density at radius 1 is 1.22 bits per heavy atom. The second kappa shape index (κ2) is 7.68. The average Bonchev–Trinajstić information content (AvgIpc) is 2.54. The maximum atomic E-state index is 12.0. The number of carbonyl (C=O) groups is 2. The molecule has 1 aromatic carbocycles. The molecule has 0 bridgehead atoms. The number of non-ortho nitro benzene ring substituents is 1. The van der Waals surface area contributed by atoms with E-state index in [0.717, 1.165) is 12.8 Å². The maximum absolute atomic E-state index is 12.0. The van der Waals surface area contributed by atoms with Crippen LogP contribution in [0.25, 0.3) is 0 Å². The summed E-state index contributed by atoms with van der Waals surface area (Å²) in [7, 11) is 0. The molecule has 124 valence electrons. The van der Waals surface area contributed by atoms with Gasteiger partial charge in [-0.05, 0) is 25.0 Å². The number of nitrogens with two attached hydrogens (primary N) is 1. The molecule has 0 aliphatic carbocycles. The molecule has 1 fully saturated rings. The normalized spacial score (nSPS) is 15.3. The van der Waals surface area contributed by atoms with E-state index in [1.807, 2.05) is 0 Å². The largest absolute Gasteiger partial charge is 0.343 e. The van der Waals surface area contributed by atoms with Crippen molar-refractivity contribution in [3.05, 3.63) is 34.4 Å². The van der Waals surface area contributed by atoms with Crippen LogP contribution in [0.2, 0.25) is 0 Å². The second-order valence-corrected chi connectivity index (χ2v) is 5.57. The Balaban J connectivity index is 1.76. The van der Waals surface area contributed by atoms with Crippen LogP contribution < -0.4 is 11.1 Å². The Labute approximate surface area is 133 Å². The zero-order valence-electron chi connectivity index (χ0n) is 12.7. The van der Waals surface area contributed by atoms with Crippen LogP contribution in [0.3, 0.4) is 0 Å². The van der Waals surface area contributed by atoms with Crippen LogP contribution in [0.4, 0.5) is 11.4 Å². The van der Waals surface area contributed by atoms with Gasteiger partial charge in [0.15, 0.2) is 0 Å². The van der Waals surface area contributed by atoms with Crippen LogP contribution in [0.1, 0.15) is 25.7 Å². The first-order chi connectivity index (χ1) is 11.0. The molecule has 1 heterocycles. The lowest BCUT2D eigenvalue weighted by Gasteiger charge is -2.30. The summed E-state index contributed by atoms with van der Waals surface area (Å²) in [6, 6.07) is 5.72. The van der Waals surface area contributed by atoms with Gasteiger partial charge in [0.1, 0.15) is 0 Å². The second-order valence-electron chi connectivity index (χ2n) is 5.57. The van der Waals surface area contributed by atoms with Crippen molar-refractivity contribution in [3.63, 3.8) is 0 Å². The molecule has 0 radical (unpaired) electrons. The van der Waals surface area contributed by atoms with Gasteiger partial charge in [-0.15, -0.1) is 0 Å². The zero-order valence-corrected chi connectivity index (χ0v) is 12.7. The first-order valence-corrected chi connectivity index (χ1v) is 7.53. The number of rotatable bonds is 5. The van der Waals surface area contributed by atoms with Gasteiger partial charge in [0.25, 0.3) is 5.69 Å². The highest BCUT2D eigenvalue weighted by Gasteiger charge is 2.20. The van der Waals surface area contributed by atoms with Crippen molar-refractivity contribution in [2.75, 3.05) is 18.4 Å². The van der Waals surface area contributed by atoms with Crippen molar-refractivity contribution < 1.29 is 14.5 Å². The fourth-order valence-corrected chi connectivity index (χ4v) is 2.42. The summed E-state index contributed by atoms with van der Waals surface area (Å²) >= 11 is 0. The molecule has 1 aliphatic heterocycles. The Morgan fingerprint density at radius 3 is 2.39 bits per heavy atom. The number of likely N-dealkylation sites (tertiary alicyclic amines) is 1. The lowest BCUT2D eigenvalue weighted by Crippen LogP contribution is -2.43. The number of piperidine rings is 1. The van der Waals surface area contributed by atoms with Crippen LogP contribution >= 0.6 is 0 Å². The average molecular weight is 320 g/mol. The van der Waals surface area contributed by atoms with Crippen molar-refractivity contribution >= 4 is 23.2 Å². The van der Waals surface area contributed by atoms with Gasteiger partial charge in [-0.1, -0.05) is 0 Å². The van der Waals surface area contributed by atoms with Gasteiger partial charge in [-0.25, -0.2) is 0 Å². The minimum Gasteiger partial charge on any atom is -0.343 e. The number of nitro benzene ring substituents is 1. The van der Waals surface area contributed by atoms with Crippen LogP contribution in [0.5, 0.6) is 0 Å². The molecule has 1 saturated heterocycles. The molecule has 1 aliphatic rings. The highest BCUT2D eigenvalue weighted by atomic mass is 16.6. The molecule has 0 saturated carbocycles. The van der Waals surface area contributed by atoms with E-state index in [0.29, 0.717) is 18.8 Å². The number of hydrogen-bond donors (Lipinski definition) is 2. The molecule has 23 heavy (non-hydrogen) atoms. The number of nitro groups is 1. The lowest BCUT2D eigenvalue weighted by atomic mass is 10.1. The molecule has 2 amide bonds. The lowest BCUT2D eigenvalue weighted by molar-refractivity contribution is -0.384. The summed E-state index contributed by atoms with van der Waals surface area (Å²) in [4.78, 5) is 35.6. The number of amides is 2. The summed E-state index contributed by atoms with van der Waals surface area (Å²) in [5, 5.41) is 13.2.